The fourth-order valence-electron chi connectivity index (χ4n) is 4.68. The van der Waals surface area contributed by atoms with Gasteiger partial charge in [-0.3, -0.25) is 0 Å². The molecule has 158 valence electrons. The molecule has 1 aliphatic heterocycles. The highest BCUT2D eigenvalue weighted by Gasteiger charge is 2.23. The van der Waals surface area contributed by atoms with E-state index in [1.807, 2.05) is 0 Å². The van der Waals surface area contributed by atoms with Crippen LogP contribution in [0.1, 0.15) is 61.4 Å². The standard InChI is InChI=1S/C26H33N3S/c1-6-20-9-11-28(12-10-20)24-13-19(5)27-26-25(24)18(4)15-29(26)23-8-7-21(17(2)3)14-22(23)16-30/h1,7-8,13-15,17,20,30H,6,9-12,16H2,2-5H3. The first-order chi connectivity index (χ1) is 14.4. The monoisotopic (exact) mass is 419 g/mol. The molecule has 4 heteroatoms. The number of anilines is 1. The van der Waals surface area contributed by atoms with Gasteiger partial charge in [-0.05, 0) is 80.7 Å². The zero-order valence-corrected chi connectivity index (χ0v) is 19.5. The number of benzene rings is 1. The lowest BCUT2D eigenvalue weighted by atomic mass is 9.94. The first-order valence-electron chi connectivity index (χ1n) is 11.1. The third kappa shape index (κ3) is 3.87. The van der Waals surface area contributed by atoms with Gasteiger partial charge in [-0.1, -0.05) is 26.0 Å². The molecule has 3 nitrogen and oxygen atoms in total. The lowest BCUT2D eigenvalue weighted by Crippen LogP contribution is -2.33. The molecule has 3 heterocycles. The van der Waals surface area contributed by atoms with Gasteiger partial charge in [0, 0.05) is 41.8 Å². The third-order valence-electron chi connectivity index (χ3n) is 6.54. The summed E-state index contributed by atoms with van der Waals surface area (Å²) in [6.07, 6.45) is 5.37. The van der Waals surface area contributed by atoms with Crippen LogP contribution in [-0.4, -0.2) is 22.6 Å². The van der Waals surface area contributed by atoms with Gasteiger partial charge in [-0.15, -0.1) is 0 Å². The average molecular weight is 420 g/mol. The van der Waals surface area contributed by atoms with Crippen molar-refractivity contribution in [1.82, 2.24) is 9.55 Å². The van der Waals surface area contributed by atoms with Crippen LogP contribution < -0.4 is 4.90 Å². The number of aromatic nitrogens is 2. The van der Waals surface area contributed by atoms with Crippen LogP contribution in [0, 0.1) is 26.7 Å². The van der Waals surface area contributed by atoms with Gasteiger partial charge in [0.1, 0.15) is 5.65 Å². The molecule has 1 aliphatic rings. The second-order valence-electron chi connectivity index (χ2n) is 9.03. The minimum Gasteiger partial charge on any atom is -0.371 e. The van der Waals surface area contributed by atoms with E-state index < -0.39 is 0 Å². The van der Waals surface area contributed by atoms with E-state index in [4.69, 9.17) is 11.9 Å². The highest BCUT2D eigenvalue weighted by Crippen LogP contribution is 2.36. The summed E-state index contributed by atoms with van der Waals surface area (Å²) in [4.78, 5) is 7.51. The zero-order chi connectivity index (χ0) is 21.4. The van der Waals surface area contributed by atoms with Crippen LogP contribution in [0.5, 0.6) is 0 Å². The van der Waals surface area contributed by atoms with Gasteiger partial charge in [-0.2, -0.15) is 12.6 Å². The van der Waals surface area contributed by atoms with E-state index in [1.165, 1.54) is 46.3 Å². The predicted octanol–water partition coefficient (Wildman–Crippen LogP) is 6.51. The van der Waals surface area contributed by atoms with E-state index >= 15 is 0 Å². The molecule has 0 unspecified atom stereocenters. The molecule has 0 aliphatic carbocycles. The van der Waals surface area contributed by atoms with E-state index in [2.05, 4.69) is 80.3 Å². The van der Waals surface area contributed by atoms with E-state index in [0.29, 0.717) is 17.6 Å². The van der Waals surface area contributed by atoms with Gasteiger partial charge in [0.2, 0.25) is 0 Å². The van der Waals surface area contributed by atoms with Crippen molar-refractivity contribution in [3.63, 3.8) is 0 Å². The van der Waals surface area contributed by atoms with Gasteiger partial charge in [0.05, 0.1) is 5.69 Å². The Balaban J connectivity index is 1.84. The Morgan fingerprint density at radius 3 is 2.50 bits per heavy atom. The van der Waals surface area contributed by atoms with Crippen molar-refractivity contribution < 1.29 is 0 Å². The fourth-order valence-corrected chi connectivity index (χ4v) is 4.93. The van der Waals surface area contributed by atoms with Crippen LogP contribution in [0.25, 0.3) is 16.7 Å². The Hall–Kier alpha value is -1.94. The Morgan fingerprint density at radius 2 is 1.87 bits per heavy atom. The summed E-state index contributed by atoms with van der Waals surface area (Å²) in [5, 5.41) is 1.27. The molecule has 0 atom stereocenters. The minimum atomic E-state index is 0.504. The quantitative estimate of drug-likeness (QED) is 0.476. The highest BCUT2D eigenvalue weighted by atomic mass is 32.1. The number of rotatable bonds is 5. The SMILES string of the molecule is [CH]CC1CCN(c2cc(C)nc3c2c(C)cn3-c2ccc(C(C)C)cc2CS)CC1. The predicted molar refractivity (Wildman–Crippen MR) is 131 cm³/mol. The van der Waals surface area contributed by atoms with Crippen LogP contribution in [0.15, 0.2) is 30.5 Å². The Labute approximate surface area is 186 Å². The maximum Gasteiger partial charge on any atom is 0.147 e. The Bertz CT molecular complexity index is 1040. The molecular formula is C26H33N3S. The van der Waals surface area contributed by atoms with Gasteiger partial charge < -0.3 is 9.47 Å². The highest BCUT2D eigenvalue weighted by molar-refractivity contribution is 7.79. The molecule has 1 aromatic carbocycles. The number of fused-ring (bicyclic) bond motifs is 1. The smallest absolute Gasteiger partial charge is 0.147 e. The topological polar surface area (TPSA) is 21.1 Å². The Kier molecular flexibility index (Phi) is 6.15. The van der Waals surface area contributed by atoms with Crippen molar-refractivity contribution in [1.29, 1.82) is 0 Å². The van der Waals surface area contributed by atoms with Crippen molar-refractivity contribution in [3.05, 3.63) is 59.8 Å². The molecule has 0 spiro atoms. The summed E-state index contributed by atoms with van der Waals surface area (Å²) in [5.74, 6) is 1.87. The van der Waals surface area contributed by atoms with Crippen molar-refractivity contribution in [2.45, 2.75) is 58.6 Å². The Morgan fingerprint density at radius 1 is 1.13 bits per heavy atom. The molecule has 3 aromatic rings. The summed E-state index contributed by atoms with van der Waals surface area (Å²) in [5.41, 5.74) is 8.46. The summed E-state index contributed by atoms with van der Waals surface area (Å²) in [7, 11) is 0. The van der Waals surface area contributed by atoms with E-state index in [-0.39, 0.29) is 0 Å². The molecular weight excluding hydrogens is 386 g/mol. The molecule has 1 fully saturated rings. The number of hydrogen-bond donors (Lipinski definition) is 1. The maximum absolute atomic E-state index is 5.91. The van der Waals surface area contributed by atoms with Crippen LogP contribution in [0.4, 0.5) is 5.69 Å². The number of aryl methyl sites for hydroxylation is 2. The summed E-state index contributed by atoms with van der Waals surface area (Å²) in [6, 6.07) is 9.02. The number of pyridine rings is 1. The number of nitrogens with zero attached hydrogens (tertiary/aromatic N) is 3. The molecule has 4 rings (SSSR count). The van der Waals surface area contributed by atoms with Gasteiger partial charge >= 0.3 is 0 Å². The molecule has 0 bridgehead atoms. The lowest BCUT2D eigenvalue weighted by molar-refractivity contribution is 0.409. The van der Waals surface area contributed by atoms with E-state index in [0.717, 1.165) is 30.9 Å². The number of piperidine rings is 1. The van der Waals surface area contributed by atoms with Crippen LogP contribution >= 0.6 is 12.6 Å². The molecule has 1 saturated heterocycles. The van der Waals surface area contributed by atoms with Crippen molar-refractivity contribution >= 4 is 29.3 Å². The average Bonchev–Trinajstić information content (AvgIpc) is 3.08. The molecule has 0 saturated carbocycles. The van der Waals surface area contributed by atoms with E-state index in [1.54, 1.807) is 0 Å². The summed E-state index contributed by atoms with van der Waals surface area (Å²) >= 11 is 4.64. The largest absolute Gasteiger partial charge is 0.371 e. The van der Waals surface area contributed by atoms with Crippen LogP contribution in [0.2, 0.25) is 0 Å². The lowest BCUT2D eigenvalue weighted by Gasteiger charge is -2.34. The maximum atomic E-state index is 5.91. The van der Waals surface area contributed by atoms with Crippen LogP contribution in [0.3, 0.4) is 0 Å². The first kappa shape index (κ1) is 21.3. The van der Waals surface area contributed by atoms with Crippen molar-refractivity contribution in [2.24, 2.45) is 5.92 Å². The van der Waals surface area contributed by atoms with Crippen LogP contribution in [-0.2, 0) is 5.75 Å². The zero-order valence-electron chi connectivity index (χ0n) is 18.7. The third-order valence-corrected chi connectivity index (χ3v) is 6.88. The number of thiol groups is 1. The number of hydrogen-bond acceptors (Lipinski definition) is 3. The van der Waals surface area contributed by atoms with Crippen molar-refractivity contribution in [2.75, 3.05) is 18.0 Å². The second kappa shape index (κ2) is 8.66. The fraction of sp³-hybridized carbons (Fsp3) is 0.462. The second-order valence-corrected chi connectivity index (χ2v) is 9.35. The van der Waals surface area contributed by atoms with Crippen molar-refractivity contribution in [3.8, 4) is 5.69 Å². The van der Waals surface area contributed by atoms with Gasteiger partial charge in [-0.25, -0.2) is 4.98 Å². The summed E-state index contributed by atoms with van der Waals surface area (Å²) < 4.78 is 2.27. The molecule has 2 radical (unpaired) electrons. The molecule has 30 heavy (non-hydrogen) atoms. The van der Waals surface area contributed by atoms with Gasteiger partial charge in [0.25, 0.3) is 0 Å². The first-order valence-corrected chi connectivity index (χ1v) is 11.7. The molecule has 0 amide bonds. The van der Waals surface area contributed by atoms with Gasteiger partial charge in [0.15, 0.2) is 0 Å². The van der Waals surface area contributed by atoms with E-state index in [9.17, 15) is 0 Å². The molecule has 0 N–H and O–H groups in total. The molecule has 2 aromatic heterocycles. The normalized spacial score (nSPS) is 15.5. The summed E-state index contributed by atoms with van der Waals surface area (Å²) in [6.45, 7) is 16.8. The minimum absolute atomic E-state index is 0.504.